The average Bonchev–Trinajstić information content (AvgIpc) is 3.08. The lowest BCUT2D eigenvalue weighted by Crippen LogP contribution is -2.55. The largest absolute Gasteiger partial charge is 0.507 e. The summed E-state index contributed by atoms with van der Waals surface area (Å²) in [5.74, 6) is -1.12. The second-order valence-electron chi connectivity index (χ2n) is 8.20. The fourth-order valence-corrected chi connectivity index (χ4v) is 4.87. The van der Waals surface area contributed by atoms with Crippen LogP contribution in [0, 0.1) is 6.92 Å². The normalized spacial score (nSPS) is 25.1. The Morgan fingerprint density at radius 3 is 2.71 bits per heavy atom. The third-order valence-corrected chi connectivity index (χ3v) is 6.78. The van der Waals surface area contributed by atoms with Crippen molar-refractivity contribution in [2.45, 2.75) is 56.8 Å². The van der Waals surface area contributed by atoms with Gasteiger partial charge < -0.3 is 20.8 Å². The molecular formula is C22H22ClF3N2O3. The number of carbonyl (C=O) groups excluding carboxylic acids is 1. The first kappa shape index (κ1) is 21.8. The number of phenolic OH excluding ortho intramolecular Hbond substituents is 1. The monoisotopic (exact) mass is 454 g/mol. The van der Waals surface area contributed by atoms with Crippen LogP contribution in [0.4, 0.5) is 24.5 Å². The lowest BCUT2D eigenvalue weighted by atomic mass is 9.68. The molecule has 5 nitrogen and oxygen atoms in total. The molecule has 2 aliphatic rings. The fourth-order valence-electron chi connectivity index (χ4n) is 4.66. The zero-order valence-electron chi connectivity index (χ0n) is 16.9. The van der Waals surface area contributed by atoms with Crippen molar-refractivity contribution in [3.8, 4) is 5.75 Å². The molecule has 2 aromatic carbocycles. The second-order valence-corrected chi connectivity index (χ2v) is 8.61. The van der Waals surface area contributed by atoms with E-state index in [1.165, 1.54) is 6.07 Å². The van der Waals surface area contributed by atoms with E-state index in [4.69, 9.17) is 11.6 Å². The van der Waals surface area contributed by atoms with Crippen LogP contribution >= 0.6 is 11.6 Å². The van der Waals surface area contributed by atoms with Crippen LogP contribution < -0.4 is 10.6 Å². The number of rotatable bonds is 3. The van der Waals surface area contributed by atoms with Crippen LogP contribution in [-0.4, -0.2) is 27.9 Å². The molecule has 31 heavy (non-hydrogen) atoms. The Balaban J connectivity index is 1.92. The molecule has 0 bridgehead atoms. The van der Waals surface area contributed by atoms with Crippen LogP contribution in [0.15, 0.2) is 24.3 Å². The standard InChI is InChI=1S/C22H22ClF3N2O3/c1-3-11-9-21(31,22(24,25)26)20(13-7-14(23)10(2)19(30)18(11)13)28-16-6-4-5-15-12(16)8-17(29)27-15/h4-7,11,20,28,30-31H,3,8-9H2,1-2H3,(H,27,29)/t11-,20+,21+/m1/s1. The first-order valence-corrected chi connectivity index (χ1v) is 10.3. The number of aliphatic hydroxyl groups is 1. The summed E-state index contributed by atoms with van der Waals surface area (Å²) in [5, 5.41) is 27.4. The average molecular weight is 455 g/mol. The molecule has 0 unspecified atom stereocenters. The Morgan fingerprint density at radius 1 is 1.35 bits per heavy atom. The molecule has 166 valence electrons. The van der Waals surface area contributed by atoms with Crippen molar-refractivity contribution < 1.29 is 28.2 Å². The van der Waals surface area contributed by atoms with Crippen molar-refractivity contribution in [3.05, 3.63) is 51.5 Å². The predicted octanol–water partition coefficient (Wildman–Crippen LogP) is 5.19. The summed E-state index contributed by atoms with van der Waals surface area (Å²) in [6.45, 7) is 3.31. The van der Waals surface area contributed by atoms with Crippen LogP contribution in [0.25, 0.3) is 0 Å². The molecule has 0 fully saturated rings. The summed E-state index contributed by atoms with van der Waals surface area (Å²) in [7, 11) is 0. The molecule has 1 amide bonds. The molecular weight excluding hydrogens is 433 g/mol. The third-order valence-electron chi connectivity index (χ3n) is 6.39. The molecule has 1 heterocycles. The van der Waals surface area contributed by atoms with E-state index in [0.717, 1.165) is 0 Å². The van der Waals surface area contributed by atoms with Gasteiger partial charge in [0.15, 0.2) is 5.60 Å². The Hall–Kier alpha value is -2.45. The zero-order chi connectivity index (χ0) is 22.7. The first-order chi connectivity index (χ1) is 14.5. The number of phenols is 1. The highest BCUT2D eigenvalue weighted by Gasteiger charge is 2.62. The van der Waals surface area contributed by atoms with Gasteiger partial charge in [-0.3, -0.25) is 4.79 Å². The van der Waals surface area contributed by atoms with Gasteiger partial charge in [-0.1, -0.05) is 24.6 Å². The van der Waals surface area contributed by atoms with Gasteiger partial charge in [0.05, 0.1) is 12.5 Å². The lowest BCUT2D eigenvalue weighted by molar-refractivity contribution is -0.272. The number of hydrogen-bond donors (Lipinski definition) is 4. The van der Waals surface area contributed by atoms with E-state index >= 15 is 0 Å². The number of hydrogen-bond acceptors (Lipinski definition) is 4. The van der Waals surface area contributed by atoms with E-state index in [0.29, 0.717) is 34.5 Å². The minimum atomic E-state index is -4.95. The van der Waals surface area contributed by atoms with E-state index in [1.54, 1.807) is 32.0 Å². The summed E-state index contributed by atoms with van der Waals surface area (Å²) in [6.07, 6.45) is -5.25. The van der Waals surface area contributed by atoms with Crippen molar-refractivity contribution in [2.75, 3.05) is 10.6 Å². The van der Waals surface area contributed by atoms with Crippen molar-refractivity contribution >= 4 is 28.9 Å². The highest BCUT2D eigenvalue weighted by atomic mass is 35.5. The molecule has 0 saturated heterocycles. The summed E-state index contributed by atoms with van der Waals surface area (Å²) in [6, 6.07) is 4.59. The van der Waals surface area contributed by atoms with Gasteiger partial charge in [-0.25, -0.2) is 0 Å². The van der Waals surface area contributed by atoms with E-state index in [-0.39, 0.29) is 28.7 Å². The first-order valence-electron chi connectivity index (χ1n) is 9.97. The number of aromatic hydroxyl groups is 1. The van der Waals surface area contributed by atoms with Gasteiger partial charge in [-0.05, 0) is 49.4 Å². The highest BCUT2D eigenvalue weighted by molar-refractivity contribution is 6.31. The summed E-state index contributed by atoms with van der Waals surface area (Å²) in [5.41, 5.74) is -0.925. The molecule has 0 radical (unpaired) electrons. The Labute approximate surface area is 182 Å². The summed E-state index contributed by atoms with van der Waals surface area (Å²) >= 11 is 6.23. The number of carbonyl (C=O) groups is 1. The molecule has 4 N–H and O–H groups in total. The number of amides is 1. The van der Waals surface area contributed by atoms with Gasteiger partial charge in [-0.2, -0.15) is 13.2 Å². The van der Waals surface area contributed by atoms with Crippen molar-refractivity contribution in [2.24, 2.45) is 0 Å². The highest BCUT2D eigenvalue weighted by Crippen LogP contribution is 2.56. The number of anilines is 2. The van der Waals surface area contributed by atoms with E-state index in [9.17, 15) is 28.2 Å². The number of halogens is 4. The molecule has 0 saturated carbocycles. The van der Waals surface area contributed by atoms with Gasteiger partial charge in [0.25, 0.3) is 0 Å². The lowest BCUT2D eigenvalue weighted by Gasteiger charge is -2.46. The second kappa shape index (κ2) is 7.31. The molecule has 0 aromatic heterocycles. The van der Waals surface area contributed by atoms with Crippen molar-refractivity contribution in [1.82, 2.24) is 0 Å². The smallest absolute Gasteiger partial charge is 0.419 e. The summed E-state index contributed by atoms with van der Waals surface area (Å²) in [4.78, 5) is 11.8. The van der Waals surface area contributed by atoms with Crippen LogP contribution in [-0.2, 0) is 11.2 Å². The number of nitrogens with one attached hydrogen (secondary N) is 2. The minimum Gasteiger partial charge on any atom is -0.507 e. The SMILES string of the molecule is CC[C@@H]1C[C@@](O)(C(F)(F)F)[C@@H](Nc2cccc3c2CC(=O)N3)c2cc(Cl)c(C)c(O)c21. The van der Waals surface area contributed by atoms with E-state index in [1.807, 2.05) is 0 Å². The molecule has 0 spiro atoms. The van der Waals surface area contributed by atoms with E-state index < -0.39 is 30.2 Å². The van der Waals surface area contributed by atoms with Crippen molar-refractivity contribution in [1.29, 1.82) is 0 Å². The topological polar surface area (TPSA) is 81.6 Å². The predicted molar refractivity (Wildman–Crippen MR) is 112 cm³/mol. The minimum absolute atomic E-state index is 0.0139. The molecule has 3 atom stereocenters. The maximum Gasteiger partial charge on any atom is 0.419 e. The van der Waals surface area contributed by atoms with Crippen LogP contribution in [0.5, 0.6) is 5.75 Å². The van der Waals surface area contributed by atoms with Gasteiger partial charge >= 0.3 is 6.18 Å². The van der Waals surface area contributed by atoms with Crippen LogP contribution in [0.2, 0.25) is 5.02 Å². The molecule has 9 heteroatoms. The quantitative estimate of drug-likeness (QED) is 0.514. The third kappa shape index (κ3) is 3.32. The molecule has 4 rings (SSSR count). The molecule has 2 aromatic rings. The maximum absolute atomic E-state index is 14.2. The molecule has 1 aliphatic carbocycles. The van der Waals surface area contributed by atoms with Crippen molar-refractivity contribution in [3.63, 3.8) is 0 Å². The van der Waals surface area contributed by atoms with Gasteiger partial charge in [0.2, 0.25) is 5.91 Å². The maximum atomic E-state index is 14.2. The fraction of sp³-hybridized carbons (Fsp3) is 0.409. The van der Waals surface area contributed by atoms with E-state index in [2.05, 4.69) is 10.6 Å². The van der Waals surface area contributed by atoms with Gasteiger partial charge in [-0.15, -0.1) is 0 Å². The number of alkyl halides is 3. The van der Waals surface area contributed by atoms with Crippen LogP contribution in [0.1, 0.15) is 54.0 Å². The van der Waals surface area contributed by atoms with Gasteiger partial charge in [0, 0.05) is 33.1 Å². The number of benzene rings is 2. The Bertz CT molecular complexity index is 1070. The number of fused-ring (bicyclic) bond motifs is 2. The zero-order valence-corrected chi connectivity index (χ0v) is 17.7. The Morgan fingerprint density at radius 2 is 2.06 bits per heavy atom. The van der Waals surface area contributed by atoms with Gasteiger partial charge in [0.1, 0.15) is 5.75 Å². The Kier molecular flexibility index (Phi) is 5.13. The van der Waals surface area contributed by atoms with Crippen LogP contribution in [0.3, 0.4) is 0 Å². The summed E-state index contributed by atoms with van der Waals surface area (Å²) < 4.78 is 42.7. The molecule has 1 aliphatic heterocycles.